The summed E-state index contributed by atoms with van der Waals surface area (Å²) < 4.78 is 0. The maximum Gasteiger partial charge on any atom is 0.255 e. The molecule has 5 heteroatoms. The van der Waals surface area contributed by atoms with Crippen molar-refractivity contribution < 1.29 is 15.0 Å². The summed E-state index contributed by atoms with van der Waals surface area (Å²) in [4.78, 5) is 12.1. The van der Waals surface area contributed by atoms with E-state index in [1.807, 2.05) is 6.92 Å². The number of phenols is 2. The first-order valence-corrected chi connectivity index (χ1v) is 6.36. The Bertz CT molecular complexity index is 393. The van der Waals surface area contributed by atoms with E-state index in [2.05, 4.69) is 21.2 Å². The lowest BCUT2D eigenvalue weighted by Gasteiger charge is -2.07. The first kappa shape index (κ1) is 13.8. The molecule has 1 unspecified atom stereocenters. The van der Waals surface area contributed by atoms with Crippen LogP contribution in [0.15, 0.2) is 18.2 Å². The van der Waals surface area contributed by atoms with Gasteiger partial charge in [0.05, 0.1) is 5.56 Å². The van der Waals surface area contributed by atoms with E-state index >= 15 is 0 Å². The van der Waals surface area contributed by atoms with E-state index in [1.54, 1.807) is 0 Å². The molecule has 0 aliphatic heterocycles. The Labute approximate surface area is 109 Å². The third kappa shape index (κ3) is 4.65. The van der Waals surface area contributed by atoms with Gasteiger partial charge in [-0.1, -0.05) is 22.9 Å². The van der Waals surface area contributed by atoms with E-state index in [1.165, 1.54) is 12.1 Å². The predicted octanol–water partition coefficient (Wildman–Crippen LogP) is 2.39. The molecule has 1 aromatic rings. The molecule has 1 aromatic carbocycles. The molecule has 0 fully saturated rings. The molecule has 0 saturated carbocycles. The fourth-order valence-corrected chi connectivity index (χ4v) is 1.72. The quantitative estimate of drug-likeness (QED) is 0.578. The van der Waals surface area contributed by atoms with Gasteiger partial charge < -0.3 is 15.5 Å². The zero-order chi connectivity index (χ0) is 12.8. The van der Waals surface area contributed by atoms with Crippen molar-refractivity contribution in [1.82, 2.24) is 5.32 Å². The van der Waals surface area contributed by atoms with E-state index in [0.29, 0.717) is 11.4 Å². The van der Waals surface area contributed by atoms with Crippen molar-refractivity contribution in [2.75, 3.05) is 6.54 Å². The molecule has 0 aliphatic rings. The normalized spacial score (nSPS) is 12.1. The SMILES string of the molecule is CC(Br)CCCNC(=O)c1ccc(O)cc1O. The van der Waals surface area contributed by atoms with Gasteiger partial charge in [-0.25, -0.2) is 0 Å². The summed E-state index contributed by atoms with van der Waals surface area (Å²) in [5.74, 6) is -0.603. The van der Waals surface area contributed by atoms with Gasteiger partial charge >= 0.3 is 0 Å². The highest BCUT2D eigenvalue weighted by Crippen LogP contribution is 2.22. The standard InChI is InChI=1S/C12H16BrNO3/c1-8(13)3-2-6-14-12(17)10-5-4-9(15)7-11(10)16/h4-5,7-8,15-16H,2-3,6H2,1H3,(H,14,17). The van der Waals surface area contributed by atoms with Crippen LogP contribution in [-0.2, 0) is 0 Å². The molecule has 0 bridgehead atoms. The number of alkyl halides is 1. The molecule has 4 nitrogen and oxygen atoms in total. The Morgan fingerprint density at radius 2 is 2.18 bits per heavy atom. The number of hydrogen-bond donors (Lipinski definition) is 3. The maximum absolute atomic E-state index is 11.7. The molecule has 0 heterocycles. The molecule has 0 saturated heterocycles. The zero-order valence-electron chi connectivity index (χ0n) is 9.61. The Morgan fingerprint density at radius 3 is 2.76 bits per heavy atom. The van der Waals surface area contributed by atoms with Crippen LogP contribution in [-0.4, -0.2) is 27.5 Å². The second-order valence-electron chi connectivity index (χ2n) is 3.88. The van der Waals surface area contributed by atoms with Gasteiger partial charge in [0.25, 0.3) is 5.91 Å². The molecule has 0 spiro atoms. The monoisotopic (exact) mass is 301 g/mol. The molecule has 0 radical (unpaired) electrons. The fourth-order valence-electron chi connectivity index (χ4n) is 1.39. The van der Waals surface area contributed by atoms with Gasteiger partial charge in [-0.2, -0.15) is 0 Å². The molecule has 1 rings (SSSR count). The fraction of sp³-hybridized carbons (Fsp3) is 0.417. The second kappa shape index (κ2) is 6.49. The smallest absolute Gasteiger partial charge is 0.255 e. The van der Waals surface area contributed by atoms with Crippen molar-refractivity contribution in [2.24, 2.45) is 0 Å². The van der Waals surface area contributed by atoms with Gasteiger partial charge in [0.1, 0.15) is 11.5 Å². The lowest BCUT2D eigenvalue weighted by molar-refractivity contribution is 0.0950. The minimum atomic E-state index is -0.329. The minimum absolute atomic E-state index is 0.0628. The van der Waals surface area contributed by atoms with Crippen molar-refractivity contribution >= 4 is 21.8 Å². The third-order valence-electron chi connectivity index (χ3n) is 2.29. The average Bonchev–Trinajstić information content (AvgIpc) is 2.23. The lowest BCUT2D eigenvalue weighted by Crippen LogP contribution is -2.24. The Balaban J connectivity index is 2.47. The number of phenolic OH excluding ortho intramolecular Hbond substituents is 2. The van der Waals surface area contributed by atoms with Gasteiger partial charge in [0.2, 0.25) is 0 Å². The predicted molar refractivity (Wildman–Crippen MR) is 69.7 cm³/mol. The molecule has 94 valence electrons. The number of nitrogens with one attached hydrogen (secondary N) is 1. The van der Waals surface area contributed by atoms with Crippen LogP contribution < -0.4 is 5.32 Å². The zero-order valence-corrected chi connectivity index (χ0v) is 11.2. The van der Waals surface area contributed by atoms with Crippen LogP contribution in [0.25, 0.3) is 0 Å². The topological polar surface area (TPSA) is 69.6 Å². The van der Waals surface area contributed by atoms with E-state index in [9.17, 15) is 9.90 Å². The summed E-state index contributed by atoms with van der Waals surface area (Å²) in [5, 5.41) is 21.3. The van der Waals surface area contributed by atoms with Crippen LogP contribution in [0.2, 0.25) is 0 Å². The van der Waals surface area contributed by atoms with Gasteiger partial charge in [-0.05, 0) is 25.0 Å². The second-order valence-corrected chi connectivity index (χ2v) is 5.44. The highest BCUT2D eigenvalue weighted by molar-refractivity contribution is 9.09. The first-order chi connectivity index (χ1) is 8.00. The highest BCUT2D eigenvalue weighted by Gasteiger charge is 2.10. The van der Waals surface area contributed by atoms with Gasteiger partial charge in [0.15, 0.2) is 0 Å². The Morgan fingerprint density at radius 1 is 1.47 bits per heavy atom. The van der Waals surface area contributed by atoms with Crippen LogP contribution in [0.5, 0.6) is 11.5 Å². The number of carbonyl (C=O) groups excluding carboxylic acids is 1. The van der Waals surface area contributed by atoms with Gasteiger partial charge in [0, 0.05) is 17.4 Å². The summed E-state index contributed by atoms with van der Waals surface area (Å²) in [6, 6.07) is 3.91. The summed E-state index contributed by atoms with van der Waals surface area (Å²) in [6.45, 7) is 2.61. The van der Waals surface area contributed by atoms with E-state index in [4.69, 9.17) is 5.11 Å². The Kier molecular flexibility index (Phi) is 5.28. The lowest BCUT2D eigenvalue weighted by atomic mass is 10.1. The average molecular weight is 302 g/mol. The summed E-state index contributed by atoms with van der Waals surface area (Å²) in [7, 11) is 0. The van der Waals surface area contributed by atoms with Crippen LogP contribution in [0.1, 0.15) is 30.1 Å². The number of carbonyl (C=O) groups is 1. The van der Waals surface area contributed by atoms with Gasteiger partial charge in [-0.15, -0.1) is 0 Å². The van der Waals surface area contributed by atoms with Crippen molar-refractivity contribution in [2.45, 2.75) is 24.6 Å². The highest BCUT2D eigenvalue weighted by atomic mass is 79.9. The van der Waals surface area contributed by atoms with E-state index < -0.39 is 0 Å². The first-order valence-electron chi connectivity index (χ1n) is 5.45. The molecule has 3 N–H and O–H groups in total. The van der Waals surface area contributed by atoms with Crippen LogP contribution >= 0.6 is 15.9 Å². The number of benzene rings is 1. The number of hydrogen-bond acceptors (Lipinski definition) is 3. The molecular weight excluding hydrogens is 286 g/mol. The molecular formula is C12H16BrNO3. The van der Waals surface area contributed by atoms with Crippen LogP contribution in [0.4, 0.5) is 0 Å². The van der Waals surface area contributed by atoms with Crippen molar-refractivity contribution in [3.05, 3.63) is 23.8 Å². The number of rotatable bonds is 5. The molecule has 0 aromatic heterocycles. The third-order valence-corrected chi connectivity index (χ3v) is 2.75. The molecule has 17 heavy (non-hydrogen) atoms. The summed E-state index contributed by atoms with van der Waals surface area (Å²) in [6.07, 6.45) is 1.85. The summed E-state index contributed by atoms with van der Waals surface area (Å²) in [5.41, 5.74) is 0.176. The van der Waals surface area contributed by atoms with Crippen LogP contribution in [0.3, 0.4) is 0 Å². The minimum Gasteiger partial charge on any atom is -0.508 e. The van der Waals surface area contributed by atoms with Crippen molar-refractivity contribution in [3.8, 4) is 11.5 Å². The molecule has 1 atom stereocenters. The summed E-state index contributed by atoms with van der Waals surface area (Å²) >= 11 is 3.43. The Hall–Kier alpha value is -1.23. The maximum atomic E-state index is 11.7. The van der Waals surface area contributed by atoms with E-state index in [0.717, 1.165) is 18.9 Å². The largest absolute Gasteiger partial charge is 0.508 e. The van der Waals surface area contributed by atoms with Crippen molar-refractivity contribution in [3.63, 3.8) is 0 Å². The number of aromatic hydroxyl groups is 2. The number of amides is 1. The molecule has 1 amide bonds. The van der Waals surface area contributed by atoms with Crippen molar-refractivity contribution in [1.29, 1.82) is 0 Å². The van der Waals surface area contributed by atoms with E-state index in [-0.39, 0.29) is 23.0 Å². The van der Waals surface area contributed by atoms with Crippen LogP contribution in [0, 0.1) is 0 Å². The van der Waals surface area contributed by atoms with Gasteiger partial charge in [-0.3, -0.25) is 4.79 Å². The number of halogens is 1. The molecule has 0 aliphatic carbocycles.